The van der Waals surface area contributed by atoms with E-state index in [9.17, 15) is 0 Å². The van der Waals surface area contributed by atoms with Gasteiger partial charge in [0, 0.05) is 0 Å². The minimum absolute atomic E-state index is 0.218. The molecule has 1 unspecified atom stereocenters. The highest BCUT2D eigenvalue weighted by Gasteiger charge is 2.18. The van der Waals surface area contributed by atoms with Crippen LogP contribution in [-0.4, -0.2) is 35.8 Å². The number of ether oxygens (including phenoxy) is 1. The van der Waals surface area contributed by atoms with E-state index in [0.29, 0.717) is 18.3 Å². The van der Waals surface area contributed by atoms with Gasteiger partial charge in [-0.3, -0.25) is 0 Å². The quantitative estimate of drug-likeness (QED) is 0.749. The molecule has 0 aliphatic carbocycles. The van der Waals surface area contributed by atoms with Crippen LogP contribution in [0.25, 0.3) is 0 Å². The van der Waals surface area contributed by atoms with Gasteiger partial charge in [0.25, 0.3) is 0 Å². The summed E-state index contributed by atoms with van der Waals surface area (Å²) in [6, 6.07) is 1.99. The van der Waals surface area contributed by atoms with Crippen molar-refractivity contribution >= 4 is 5.84 Å². The lowest BCUT2D eigenvalue weighted by molar-refractivity contribution is 0.114. The minimum atomic E-state index is 0.218. The van der Waals surface area contributed by atoms with Crippen LogP contribution in [0.3, 0.4) is 0 Å². The Hall–Kier alpha value is -1.85. The molecule has 2 heterocycles. The fraction of sp³-hybridized carbons (Fsp3) is 0.444. The molecular formula is C9H12N4O2. The molecule has 1 aliphatic heterocycles. The summed E-state index contributed by atoms with van der Waals surface area (Å²) in [5.74, 6) is 1.06. The number of oxime groups is 1. The molecule has 0 spiro atoms. The predicted octanol–water partition coefficient (Wildman–Crippen LogP) is 0.155. The third-order valence-electron chi connectivity index (χ3n) is 2.00. The number of nitrogens with zero attached hydrogens (tertiary/aromatic N) is 3. The average Bonchev–Trinajstić information content (AvgIpc) is 2.29. The van der Waals surface area contributed by atoms with Crippen LogP contribution in [0.5, 0.6) is 5.88 Å². The second-order valence-electron chi connectivity index (χ2n) is 3.24. The van der Waals surface area contributed by atoms with Crippen molar-refractivity contribution in [3.8, 4) is 5.88 Å². The summed E-state index contributed by atoms with van der Waals surface area (Å²) in [5, 5.41) is 14.7. The summed E-state index contributed by atoms with van der Waals surface area (Å²) in [7, 11) is 1.54. The van der Waals surface area contributed by atoms with Gasteiger partial charge in [-0.2, -0.15) is 5.10 Å². The van der Waals surface area contributed by atoms with E-state index in [-0.39, 0.29) is 6.04 Å². The van der Waals surface area contributed by atoms with Crippen molar-refractivity contribution in [3.63, 3.8) is 0 Å². The monoisotopic (exact) mass is 208 g/mol. The highest BCUT2D eigenvalue weighted by Crippen LogP contribution is 2.14. The van der Waals surface area contributed by atoms with E-state index in [2.05, 4.69) is 20.7 Å². The molecule has 80 valence electrons. The number of rotatable bonds is 2. The Morgan fingerprint density at radius 3 is 3.20 bits per heavy atom. The predicted molar refractivity (Wildman–Crippen MR) is 53.7 cm³/mol. The molecule has 0 radical (unpaired) electrons. The van der Waals surface area contributed by atoms with Crippen LogP contribution >= 0.6 is 0 Å². The van der Waals surface area contributed by atoms with E-state index in [4.69, 9.17) is 9.57 Å². The lowest BCUT2D eigenvalue weighted by Crippen LogP contribution is -2.40. The third-order valence-corrected chi connectivity index (χ3v) is 2.00. The summed E-state index contributed by atoms with van der Waals surface area (Å²) in [6.07, 6.45) is 1.58. The Labute approximate surface area is 87.3 Å². The fourth-order valence-electron chi connectivity index (χ4n) is 1.29. The van der Waals surface area contributed by atoms with Crippen molar-refractivity contribution in [3.05, 3.63) is 17.8 Å². The average molecular weight is 208 g/mol. The van der Waals surface area contributed by atoms with Crippen molar-refractivity contribution in [2.75, 3.05) is 13.7 Å². The number of aromatic nitrogens is 2. The van der Waals surface area contributed by atoms with Crippen LogP contribution < -0.4 is 10.1 Å². The summed E-state index contributed by atoms with van der Waals surface area (Å²) in [6.45, 7) is 2.57. The van der Waals surface area contributed by atoms with Gasteiger partial charge in [0.05, 0.1) is 24.9 Å². The minimum Gasteiger partial charge on any atom is -0.479 e. The van der Waals surface area contributed by atoms with Crippen molar-refractivity contribution < 1.29 is 9.57 Å². The highest BCUT2D eigenvalue weighted by atomic mass is 16.6. The number of amidine groups is 1. The first-order valence-corrected chi connectivity index (χ1v) is 4.64. The Morgan fingerprint density at radius 1 is 1.60 bits per heavy atom. The van der Waals surface area contributed by atoms with Gasteiger partial charge in [0.1, 0.15) is 6.61 Å². The van der Waals surface area contributed by atoms with E-state index < -0.39 is 0 Å². The van der Waals surface area contributed by atoms with E-state index in [1.54, 1.807) is 19.4 Å². The Bertz CT molecular complexity index is 380. The molecule has 1 aromatic rings. The molecule has 6 heteroatoms. The van der Waals surface area contributed by atoms with Gasteiger partial charge in [-0.05, 0) is 13.0 Å². The number of hydrogen-bond donors (Lipinski definition) is 1. The number of nitrogens with one attached hydrogen (secondary N) is 1. The van der Waals surface area contributed by atoms with Crippen LogP contribution in [0.15, 0.2) is 17.4 Å². The first-order chi connectivity index (χ1) is 7.31. The zero-order valence-corrected chi connectivity index (χ0v) is 8.60. The van der Waals surface area contributed by atoms with Gasteiger partial charge in [-0.15, -0.1) is 5.10 Å². The summed E-state index contributed by atoms with van der Waals surface area (Å²) >= 11 is 0. The second-order valence-corrected chi connectivity index (χ2v) is 3.24. The van der Waals surface area contributed by atoms with Gasteiger partial charge in [-0.1, -0.05) is 5.16 Å². The zero-order valence-electron chi connectivity index (χ0n) is 8.60. The van der Waals surface area contributed by atoms with E-state index in [0.717, 1.165) is 5.56 Å². The number of methoxy groups -OCH3 is 1. The van der Waals surface area contributed by atoms with Crippen LogP contribution in [0, 0.1) is 0 Å². The molecule has 0 aromatic carbocycles. The van der Waals surface area contributed by atoms with Crippen molar-refractivity contribution in [2.45, 2.75) is 13.0 Å². The molecule has 0 amide bonds. The molecule has 15 heavy (non-hydrogen) atoms. The van der Waals surface area contributed by atoms with Gasteiger partial charge >= 0.3 is 0 Å². The molecule has 1 N–H and O–H groups in total. The van der Waals surface area contributed by atoms with Crippen molar-refractivity contribution in [2.24, 2.45) is 5.16 Å². The Balaban J connectivity index is 2.32. The zero-order chi connectivity index (χ0) is 10.7. The lowest BCUT2D eigenvalue weighted by Gasteiger charge is -2.20. The van der Waals surface area contributed by atoms with E-state index in [1.807, 2.05) is 6.92 Å². The largest absolute Gasteiger partial charge is 0.479 e. The second kappa shape index (κ2) is 4.12. The number of hydrogen-bond acceptors (Lipinski definition) is 6. The lowest BCUT2D eigenvalue weighted by atomic mass is 10.2. The van der Waals surface area contributed by atoms with Crippen LogP contribution in [0.4, 0.5) is 0 Å². The van der Waals surface area contributed by atoms with E-state index in [1.165, 1.54) is 0 Å². The molecule has 2 rings (SSSR count). The molecule has 0 saturated carbocycles. The molecular weight excluding hydrogens is 196 g/mol. The molecule has 6 nitrogen and oxygen atoms in total. The van der Waals surface area contributed by atoms with Crippen LogP contribution in [0.2, 0.25) is 0 Å². The summed E-state index contributed by atoms with van der Waals surface area (Å²) < 4.78 is 5.08. The van der Waals surface area contributed by atoms with Crippen molar-refractivity contribution in [1.29, 1.82) is 0 Å². The van der Waals surface area contributed by atoms with Gasteiger partial charge in [0.15, 0.2) is 5.84 Å². The highest BCUT2D eigenvalue weighted by molar-refractivity contribution is 6.00. The van der Waals surface area contributed by atoms with Crippen LogP contribution in [0.1, 0.15) is 12.5 Å². The van der Waals surface area contributed by atoms with Gasteiger partial charge in [-0.25, -0.2) is 0 Å². The van der Waals surface area contributed by atoms with E-state index >= 15 is 0 Å². The van der Waals surface area contributed by atoms with Crippen molar-refractivity contribution in [1.82, 2.24) is 15.5 Å². The van der Waals surface area contributed by atoms with Crippen LogP contribution in [-0.2, 0) is 4.84 Å². The molecule has 0 fully saturated rings. The fourth-order valence-corrected chi connectivity index (χ4v) is 1.29. The molecule has 1 aliphatic rings. The third kappa shape index (κ3) is 1.98. The topological polar surface area (TPSA) is 68.6 Å². The SMILES string of the molecule is COc1nnccc1C1=NOCC(C)N1. The Morgan fingerprint density at radius 2 is 2.47 bits per heavy atom. The summed E-state index contributed by atoms with van der Waals surface area (Å²) in [4.78, 5) is 5.07. The normalized spacial score (nSPS) is 19.9. The maximum atomic E-state index is 5.08. The van der Waals surface area contributed by atoms with Gasteiger partial charge in [0.2, 0.25) is 5.88 Å². The molecule has 1 atom stereocenters. The summed E-state index contributed by atoms with van der Waals surface area (Å²) in [5.41, 5.74) is 0.749. The molecule has 0 bridgehead atoms. The standard InChI is InChI=1S/C9H12N4O2/c1-6-5-15-13-8(11-6)7-3-4-10-12-9(7)14-2/h3-4,6H,5H2,1-2H3,(H,11,13). The van der Waals surface area contributed by atoms with Gasteiger partial charge < -0.3 is 14.9 Å². The first-order valence-electron chi connectivity index (χ1n) is 4.64. The smallest absolute Gasteiger partial charge is 0.244 e. The molecule has 1 aromatic heterocycles. The Kier molecular flexibility index (Phi) is 2.66. The first kappa shape index (κ1) is 9.70. The maximum Gasteiger partial charge on any atom is 0.244 e. The molecule has 0 saturated heterocycles. The maximum absolute atomic E-state index is 5.08.